The summed E-state index contributed by atoms with van der Waals surface area (Å²) < 4.78 is 1.70. The lowest BCUT2D eigenvalue weighted by atomic mass is 10.2. The van der Waals surface area contributed by atoms with E-state index in [1.54, 1.807) is 29.3 Å². The van der Waals surface area contributed by atoms with Gasteiger partial charge in [0, 0.05) is 30.4 Å². The minimum absolute atomic E-state index is 0.772. The molecule has 17 heavy (non-hydrogen) atoms. The monoisotopic (exact) mass is 220 g/mol. The second kappa shape index (κ2) is 4.06. The molecule has 0 N–H and O–H groups in total. The van der Waals surface area contributed by atoms with Crippen molar-refractivity contribution in [1.82, 2.24) is 19.6 Å². The molecule has 0 bridgehead atoms. The molecule has 0 aliphatic heterocycles. The Hall–Kier alpha value is -2.67. The van der Waals surface area contributed by atoms with Gasteiger partial charge in [-0.25, -0.2) is 9.50 Å². The lowest BCUT2D eigenvalue weighted by Gasteiger charge is -1.89. The van der Waals surface area contributed by atoms with Gasteiger partial charge < -0.3 is 0 Å². The van der Waals surface area contributed by atoms with Gasteiger partial charge in [0.05, 0.1) is 11.8 Å². The number of pyridine rings is 1. The van der Waals surface area contributed by atoms with Crippen LogP contribution in [0, 0.1) is 11.8 Å². The summed E-state index contributed by atoms with van der Waals surface area (Å²) in [6.07, 6.45) is 8.74. The van der Waals surface area contributed by atoms with Gasteiger partial charge in [-0.15, -0.1) is 0 Å². The summed E-state index contributed by atoms with van der Waals surface area (Å²) in [4.78, 5) is 8.18. The second-order valence-electron chi connectivity index (χ2n) is 3.43. The maximum atomic E-state index is 4.24. The lowest BCUT2D eigenvalue weighted by Crippen LogP contribution is -1.87. The van der Waals surface area contributed by atoms with Crippen LogP contribution in [0.2, 0.25) is 0 Å². The van der Waals surface area contributed by atoms with E-state index < -0.39 is 0 Å². The highest BCUT2D eigenvalue weighted by atomic mass is 15.2. The Morgan fingerprint density at radius 3 is 2.82 bits per heavy atom. The molecule has 80 valence electrons. The molecule has 0 radical (unpaired) electrons. The van der Waals surface area contributed by atoms with Crippen LogP contribution >= 0.6 is 0 Å². The van der Waals surface area contributed by atoms with Gasteiger partial charge in [0.1, 0.15) is 0 Å². The molecule has 3 rings (SSSR count). The van der Waals surface area contributed by atoms with Crippen molar-refractivity contribution in [2.75, 3.05) is 0 Å². The van der Waals surface area contributed by atoms with Crippen LogP contribution in [0.4, 0.5) is 0 Å². The van der Waals surface area contributed by atoms with Gasteiger partial charge >= 0.3 is 0 Å². The van der Waals surface area contributed by atoms with Crippen LogP contribution < -0.4 is 0 Å². The van der Waals surface area contributed by atoms with E-state index in [1.165, 1.54) is 0 Å². The molecule has 0 aliphatic rings. The van der Waals surface area contributed by atoms with E-state index in [2.05, 4.69) is 26.9 Å². The molecule has 0 atom stereocenters. The van der Waals surface area contributed by atoms with Gasteiger partial charge in [0.2, 0.25) is 0 Å². The molecular weight excluding hydrogens is 212 g/mol. The average Bonchev–Trinajstić information content (AvgIpc) is 2.81. The molecule has 4 heteroatoms. The van der Waals surface area contributed by atoms with Gasteiger partial charge in [-0.3, -0.25) is 4.98 Å². The predicted octanol–water partition coefficient (Wildman–Crippen LogP) is 1.52. The van der Waals surface area contributed by atoms with Crippen molar-refractivity contribution in [1.29, 1.82) is 0 Å². The Balaban J connectivity index is 2.04. The molecule has 0 aromatic carbocycles. The fraction of sp³-hybridized carbons (Fsp3) is 0. The Bertz CT molecular complexity index is 704. The molecule has 0 spiro atoms. The van der Waals surface area contributed by atoms with Crippen LogP contribution in [-0.2, 0) is 0 Å². The average molecular weight is 220 g/mol. The van der Waals surface area contributed by atoms with Crippen LogP contribution in [-0.4, -0.2) is 19.6 Å². The second-order valence-corrected chi connectivity index (χ2v) is 3.43. The van der Waals surface area contributed by atoms with E-state index in [4.69, 9.17) is 0 Å². The zero-order valence-electron chi connectivity index (χ0n) is 8.91. The van der Waals surface area contributed by atoms with E-state index in [0.29, 0.717) is 0 Å². The van der Waals surface area contributed by atoms with Crippen molar-refractivity contribution in [2.45, 2.75) is 0 Å². The predicted molar refractivity (Wildman–Crippen MR) is 63.2 cm³/mol. The van der Waals surface area contributed by atoms with Gasteiger partial charge in [-0.2, -0.15) is 5.10 Å². The van der Waals surface area contributed by atoms with E-state index in [-0.39, 0.29) is 0 Å². The number of hydrogen-bond donors (Lipinski definition) is 0. The van der Waals surface area contributed by atoms with Gasteiger partial charge in [0.25, 0.3) is 0 Å². The minimum Gasteiger partial charge on any atom is -0.265 e. The Morgan fingerprint density at radius 2 is 1.94 bits per heavy atom. The highest BCUT2D eigenvalue weighted by Gasteiger charge is 2.00. The standard InChI is InChI=1S/C13H8N4/c1-6-15-13-12(10-16-17(13)9-1)3-2-11-4-7-14-8-5-11/h1,4-10H. The molecule has 4 nitrogen and oxygen atoms in total. The highest BCUT2D eigenvalue weighted by Crippen LogP contribution is 2.05. The molecule has 0 fully saturated rings. The van der Waals surface area contributed by atoms with Gasteiger partial charge in [0.15, 0.2) is 5.65 Å². The summed E-state index contributed by atoms with van der Waals surface area (Å²) in [6, 6.07) is 5.57. The largest absolute Gasteiger partial charge is 0.265 e. The van der Waals surface area contributed by atoms with Gasteiger partial charge in [-0.1, -0.05) is 11.8 Å². The third kappa shape index (κ3) is 1.86. The maximum Gasteiger partial charge on any atom is 0.170 e. The maximum absolute atomic E-state index is 4.24. The van der Waals surface area contributed by atoms with E-state index in [1.807, 2.05) is 24.4 Å². The van der Waals surface area contributed by atoms with Crippen LogP contribution in [0.3, 0.4) is 0 Å². The van der Waals surface area contributed by atoms with Crippen molar-refractivity contribution in [3.8, 4) is 11.8 Å². The van der Waals surface area contributed by atoms with Crippen molar-refractivity contribution in [3.63, 3.8) is 0 Å². The molecule has 0 unspecified atom stereocenters. The fourth-order valence-electron chi connectivity index (χ4n) is 1.49. The third-order valence-corrected chi connectivity index (χ3v) is 2.30. The first-order valence-corrected chi connectivity index (χ1v) is 5.14. The quantitative estimate of drug-likeness (QED) is 0.539. The molecule has 0 saturated carbocycles. The lowest BCUT2D eigenvalue weighted by molar-refractivity contribution is 0.939. The topological polar surface area (TPSA) is 43.1 Å². The van der Waals surface area contributed by atoms with Crippen LogP contribution in [0.15, 0.2) is 49.2 Å². The van der Waals surface area contributed by atoms with E-state index in [0.717, 1.165) is 16.8 Å². The Labute approximate surface area is 98.0 Å². The first-order chi connectivity index (χ1) is 8.43. The number of nitrogens with zero attached hydrogens (tertiary/aromatic N) is 4. The normalized spacial score (nSPS) is 9.88. The van der Waals surface area contributed by atoms with Gasteiger partial charge in [-0.05, 0) is 18.2 Å². The summed E-state index contributed by atoms with van der Waals surface area (Å²) in [5.74, 6) is 6.12. The van der Waals surface area contributed by atoms with E-state index >= 15 is 0 Å². The Morgan fingerprint density at radius 1 is 1.06 bits per heavy atom. The van der Waals surface area contributed by atoms with Crippen molar-refractivity contribution in [3.05, 3.63) is 60.3 Å². The fourth-order valence-corrected chi connectivity index (χ4v) is 1.49. The van der Waals surface area contributed by atoms with Crippen LogP contribution in [0.25, 0.3) is 5.65 Å². The summed E-state index contributed by atoms with van der Waals surface area (Å²) in [6.45, 7) is 0. The molecule has 3 aromatic heterocycles. The van der Waals surface area contributed by atoms with Crippen molar-refractivity contribution >= 4 is 5.65 Å². The zero-order chi connectivity index (χ0) is 11.5. The summed E-state index contributed by atoms with van der Waals surface area (Å²) in [5.41, 5.74) is 2.52. The molecule has 3 heterocycles. The summed E-state index contributed by atoms with van der Waals surface area (Å²) in [5, 5.41) is 4.17. The van der Waals surface area contributed by atoms with Crippen LogP contribution in [0.5, 0.6) is 0 Å². The minimum atomic E-state index is 0.772. The number of hydrogen-bond acceptors (Lipinski definition) is 3. The summed E-state index contributed by atoms with van der Waals surface area (Å²) in [7, 11) is 0. The SMILES string of the molecule is C(#Cc1cnn2cccnc12)c1ccncc1. The first-order valence-electron chi connectivity index (χ1n) is 5.14. The molecule has 3 aromatic rings. The summed E-state index contributed by atoms with van der Waals surface area (Å²) >= 11 is 0. The van der Waals surface area contributed by atoms with Crippen LogP contribution in [0.1, 0.15) is 11.1 Å². The molecule has 0 amide bonds. The molecule has 0 saturated heterocycles. The smallest absolute Gasteiger partial charge is 0.170 e. The first kappa shape index (κ1) is 9.55. The molecular formula is C13H8N4. The van der Waals surface area contributed by atoms with Crippen molar-refractivity contribution in [2.24, 2.45) is 0 Å². The number of fused-ring (bicyclic) bond motifs is 1. The Kier molecular flexibility index (Phi) is 2.28. The number of aromatic nitrogens is 4. The van der Waals surface area contributed by atoms with E-state index in [9.17, 15) is 0 Å². The zero-order valence-corrected chi connectivity index (χ0v) is 8.91. The molecule has 0 aliphatic carbocycles. The number of rotatable bonds is 0. The third-order valence-electron chi connectivity index (χ3n) is 2.30. The highest BCUT2D eigenvalue weighted by molar-refractivity contribution is 5.57. The van der Waals surface area contributed by atoms with Crippen molar-refractivity contribution < 1.29 is 0 Å².